The number of carbonyl (C=O) groups is 3. The monoisotopic (exact) mass is 494 g/mol. The van der Waals surface area contributed by atoms with Crippen LogP contribution < -0.4 is 10.6 Å². The number of alkyl carbamates (subject to hydrolysis) is 1. The number of thioether (sulfide) groups is 1. The van der Waals surface area contributed by atoms with Crippen LogP contribution in [-0.2, 0) is 14.3 Å². The summed E-state index contributed by atoms with van der Waals surface area (Å²) in [6, 6.07) is 16.3. The average molecular weight is 495 g/mol. The van der Waals surface area contributed by atoms with Crippen LogP contribution in [0.4, 0.5) is 4.79 Å². The zero-order chi connectivity index (χ0) is 24.8. The molecule has 3 N–H and O–H groups in total. The lowest BCUT2D eigenvalue weighted by molar-refractivity contribution is -0.139. The minimum Gasteiger partial charge on any atom is -0.481 e. The number of carboxylic acids is 1. The lowest BCUT2D eigenvalue weighted by atomic mass is 9.88. The van der Waals surface area contributed by atoms with Crippen LogP contribution in [0.15, 0.2) is 60.2 Å². The van der Waals surface area contributed by atoms with E-state index in [9.17, 15) is 19.5 Å². The summed E-state index contributed by atoms with van der Waals surface area (Å²) >= 11 is 1.76. The Labute approximate surface area is 209 Å². The van der Waals surface area contributed by atoms with Crippen molar-refractivity contribution in [2.45, 2.75) is 37.6 Å². The molecule has 2 amide bonds. The van der Waals surface area contributed by atoms with Crippen LogP contribution in [0.5, 0.6) is 0 Å². The van der Waals surface area contributed by atoms with Crippen molar-refractivity contribution in [1.82, 2.24) is 10.6 Å². The smallest absolute Gasteiger partial charge is 0.407 e. The second-order valence-corrected chi connectivity index (χ2v) is 10.2. The van der Waals surface area contributed by atoms with Gasteiger partial charge in [0.05, 0.1) is 12.0 Å². The van der Waals surface area contributed by atoms with Gasteiger partial charge >= 0.3 is 12.1 Å². The van der Waals surface area contributed by atoms with E-state index in [0.29, 0.717) is 18.4 Å². The van der Waals surface area contributed by atoms with Gasteiger partial charge in [-0.1, -0.05) is 54.6 Å². The third kappa shape index (κ3) is 5.88. The maximum absolute atomic E-state index is 12.7. The fourth-order valence-corrected chi connectivity index (χ4v) is 6.04. The largest absolute Gasteiger partial charge is 0.481 e. The van der Waals surface area contributed by atoms with Gasteiger partial charge in [-0.15, -0.1) is 0 Å². The fraction of sp³-hybridized carbons (Fsp3) is 0.370. The summed E-state index contributed by atoms with van der Waals surface area (Å²) < 4.78 is 5.52. The highest BCUT2D eigenvalue weighted by molar-refractivity contribution is 7.99. The van der Waals surface area contributed by atoms with Crippen LogP contribution in [-0.4, -0.2) is 53.3 Å². The molecule has 1 fully saturated rings. The zero-order valence-corrected chi connectivity index (χ0v) is 20.5. The lowest BCUT2D eigenvalue weighted by Crippen LogP contribution is -2.52. The van der Waals surface area contributed by atoms with Crippen LogP contribution in [0.25, 0.3) is 11.1 Å². The topological polar surface area (TPSA) is 105 Å². The number of benzene rings is 2. The van der Waals surface area contributed by atoms with E-state index in [1.54, 1.807) is 24.8 Å². The third-order valence-electron chi connectivity index (χ3n) is 6.67. The van der Waals surface area contributed by atoms with Crippen molar-refractivity contribution in [1.29, 1.82) is 0 Å². The molecular formula is C27H30N2O5S. The first-order valence-electron chi connectivity index (χ1n) is 11.8. The molecule has 0 saturated carbocycles. The Balaban J connectivity index is 1.29. The number of rotatable bonds is 8. The second kappa shape index (κ2) is 11.0. The summed E-state index contributed by atoms with van der Waals surface area (Å²) in [5.74, 6) is 0.387. The number of aliphatic carboxylic acids is 1. The van der Waals surface area contributed by atoms with Gasteiger partial charge in [-0.3, -0.25) is 9.59 Å². The average Bonchev–Trinajstić information content (AvgIpc) is 3.16. The van der Waals surface area contributed by atoms with E-state index < -0.39 is 17.6 Å². The van der Waals surface area contributed by atoms with E-state index in [1.165, 1.54) is 11.1 Å². The molecule has 0 unspecified atom stereocenters. The van der Waals surface area contributed by atoms with E-state index in [-0.39, 0.29) is 31.4 Å². The maximum Gasteiger partial charge on any atom is 0.407 e. The standard InChI is InChI=1S/C27H30N2O5S/c1-18(25(32)29-27(16-24(30)31)11-14-35-15-12-27)10-13-28-26(33)34-17-23-21-8-4-2-6-19(21)20-7-3-5-9-22(20)23/h2-10,23H,11-17H2,1H3,(H,28,33)(H,29,32)(H,30,31)/b18-10+. The third-order valence-corrected chi connectivity index (χ3v) is 7.66. The van der Waals surface area contributed by atoms with Crippen LogP contribution in [0.1, 0.15) is 43.2 Å². The summed E-state index contributed by atoms with van der Waals surface area (Å²) in [5, 5.41) is 14.9. The lowest BCUT2D eigenvalue weighted by Gasteiger charge is -2.36. The molecule has 4 rings (SSSR count). The molecule has 1 saturated heterocycles. The molecule has 2 aromatic rings. The predicted molar refractivity (Wildman–Crippen MR) is 137 cm³/mol. The quantitative estimate of drug-likeness (QED) is 0.472. The van der Waals surface area contributed by atoms with Gasteiger partial charge < -0.3 is 20.5 Å². The van der Waals surface area contributed by atoms with Gasteiger partial charge in [0.1, 0.15) is 6.61 Å². The second-order valence-electron chi connectivity index (χ2n) is 9.01. The molecule has 35 heavy (non-hydrogen) atoms. The van der Waals surface area contributed by atoms with Crippen molar-refractivity contribution in [2.24, 2.45) is 0 Å². The molecule has 0 bridgehead atoms. The van der Waals surface area contributed by atoms with E-state index in [0.717, 1.165) is 22.6 Å². The summed E-state index contributed by atoms with van der Waals surface area (Å²) in [6.07, 6.45) is 2.22. The molecule has 2 aromatic carbocycles. The Bertz CT molecular complexity index is 1090. The first-order valence-corrected chi connectivity index (χ1v) is 12.9. The molecule has 0 radical (unpaired) electrons. The Morgan fingerprint density at radius 2 is 1.66 bits per heavy atom. The molecule has 8 heteroatoms. The molecule has 0 spiro atoms. The van der Waals surface area contributed by atoms with Gasteiger partial charge in [0.15, 0.2) is 0 Å². The first-order chi connectivity index (χ1) is 16.9. The zero-order valence-electron chi connectivity index (χ0n) is 19.7. The Hall–Kier alpha value is -3.26. The van der Waals surface area contributed by atoms with Gasteiger partial charge in [0.25, 0.3) is 0 Å². The Morgan fingerprint density at radius 1 is 1.06 bits per heavy atom. The van der Waals surface area contributed by atoms with Crippen molar-refractivity contribution >= 4 is 29.7 Å². The van der Waals surface area contributed by atoms with Crippen molar-refractivity contribution in [3.05, 3.63) is 71.3 Å². The summed E-state index contributed by atoms with van der Waals surface area (Å²) in [5.41, 5.74) is 4.32. The highest BCUT2D eigenvalue weighted by atomic mass is 32.2. The van der Waals surface area contributed by atoms with Crippen molar-refractivity contribution in [3.63, 3.8) is 0 Å². The van der Waals surface area contributed by atoms with Crippen LogP contribution in [0.3, 0.4) is 0 Å². The minimum atomic E-state index is -0.921. The first kappa shape index (κ1) is 24.9. The summed E-state index contributed by atoms with van der Waals surface area (Å²) in [7, 11) is 0. The number of hydrogen-bond donors (Lipinski definition) is 3. The molecule has 0 aromatic heterocycles. The molecule has 0 atom stereocenters. The van der Waals surface area contributed by atoms with Gasteiger partial charge in [-0.05, 0) is 53.5 Å². The molecule has 2 aliphatic rings. The van der Waals surface area contributed by atoms with Gasteiger partial charge in [-0.2, -0.15) is 11.8 Å². The molecule has 184 valence electrons. The number of amides is 2. The summed E-state index contributed by atoms with van der Waals surface area (Å²) in [4.78, 5) is 36.3. The SMILES string of the molecule is C/C(=C\CNC(=O)OCC1c2ccccc2-c2ccccc21)C(=O)NC1(CC(=O)O)CCSCC1. The highest BCUT2D eigenvalue weighted by Crippen LogP contribution is 2.44. The molecule has 1 heterocycles. The number of ether oxygens (including phenoxy) is 1. The predicted octanol–water partition coefficient (Wildman–Crippen LogP) is 4.33. The van der Waals surface area contributed by atoms with Crippen molar-refractivity contribution < 1.29 is 24.2 Å². The van der Waals surface area contributed by atoms with Crippen molar-refractivity contribution in [3.8, 4) is 11.1 Å². The Kier molecular flexibility index (Phi) is 7.80. The van der Waals surface area contributed by atoms with E-state index in [1.807, 2.05) is 24.3 Å². The normalized spacial score (nSPS) is 16.7. The number of hydrogen-bond acceptors (Lipinski definition) is 5. The molecular weight excluding hydrogens is 464 g/mol. The van der Waals surface area contributed by atoms with Crippen LogP contribution in [0, 0.1) is 0 Å². The van der Waals surface area contributed by atoms with Crippen molar-refractivity contribution in [2.75, 3.05) is 24.7 Å². The number of fused-ring (bicyclic) bond motifs is 3. The van der Waals surface area contributed by atoms with E-state index >= 15 is 0 Å². The van der Waals surface area contributed by atoms with E-state index in [2.05, 4.69) is 34.9 Å². The van der Waals surface area contributed by atoms with Gasteiger partial charge in [0, 0.05) is 18.0 Å². The maximum atomic E-state index is 12.7. The van der Waals surface area contributed by atoms with Crippen LogP contribution >= 0.6 is 11.8 Å². The van der Waals surface area contributed by atoms with Crippen LogP contribution in [0.2, 0.25) is 0 Å². The Morgan fingerprint density at radius 3 is 2.26 bits per heavy atom. The molecule has 1 aliphatic carbocycles. The van der Waals surface area contributed by atoms with E-state index in [4.69, 9.17) is 4.74 Å². The number of carboxylic acid groups (broad SMARTS) is 1. The molecule has 7 nitrogen and oxygen atoms in total. The highest BCUT2D eigenvalue weighted by Gasteiger charge is 2.36. The van der Waals surface area contributed by atoms with Gasteiger partial charge in [0.2, 0.25) is 5.91 Å². The number of carbonyl (C=O) groups excluding carboxylic acids is 2. The minimum absolute atomic E-state index is 0.0183. The summed E-state index contributed by atoms with van der Waals surface area (Å²) in [6.45, 7) is 2.01. The number of nitrogens with one attached hydrogen (secondary N) is 2. The van der Waals surface area contributed by atoms with Gasteiger partial charge in [-0.25, -0.2) is 4.79 Å². The fourth-order valence-electron chi connectivity index (χ4n) is 4.77. The molecule has 1 aliphatic heterocycles.